The first-order valence-electron chi connectivity index (χ1n) is 22.9. The molecule has 4 aliphatic carbocycles. The zero-order valence-corrected chi connectivity index (χ0v) is 37.7. The van der Waals surface area contributed by atoms with Crippen molar-refractivity contribution >= 4 is 23.1 Å². The Bertz CT molecular complexity index is 1670. The van der Waals surface area contributed by atoms with E-state index in [4.69, 9.17) is 42.9 Å². The fourth-order valence-electron chi connectivity index (χ4n) is 11.7. The van der Waals surface area contributed by atoms with E-state index >= 15 is 4.79 Å². The number of hydrogen-bond donors (Lipinski definition) is 0. The molecule has 2 saturated carbocycles. The maximum atomic E-state index is 15.1. The molecule has 13 heteroatoms. The molecule has 4 heterocycles. The van der Waals surface area contributed by atoms with Gasteiger partial charge in [0.1, 0.15) is 24.4 Å². The summed E-state index contributed by atoms with van der Waals surface area (Å²) in [5.74, 6) is 0.0369. The number of ketones is 1. The Labute approximate surface area is 355 Å². The summed E-state index contributed by atoms with van der Waals surface area (Å²) in [6.45, 7) is 10.7. The van der Waals surface area contributed by atoms with Crippen LogP contribution in [0, 0.1) is 23.7 Å². The van der Waals surface area contributed by atoms with Crippen LogP contribution in [0.25, 0.3) is 0 Å². The van der Waals surface area contributed by atoms with Crippen molar-refractivity contribution in [3.8, 4) is 0 Å². The number of ether oxygens (including phenoxy) is 8. The van der Waals surface area contributed by atoms with Gasteiger partial charge in [0.15, 0.2) is 18.4 Å². The van der Waals surface area contributed by atoms with Gasteiger partial charge in [0.25, 0.3) is 0 Å². The summed E-state index contributed by atoms with van der Waals surface area (Å²) in [4.78, 5) is 38.1. The van der Waals surface area contributed by atoms with Gasteiger partial charge in [-0.3, -0.25) is 9.59 Å². The van der Waals surface area contributed by atoms with Crippen LogP contribution in [-0.4, -0.2) is 124 Å². The topological polar surface area (TPSA) is 124 Å². The maximum absolute atomic E-state index is 15.1. The number of aromatic nitrogens is 1. The standard InChI is InChI=1S/C46H70N2O10S/c1-10-27-13-12-14-35(58-37-18-17-34(48(6)7)24(4)54-37)23(3)40(50)32-21-30-29-19-28(57-46-43(52-9)42(53-11-2)41(51-8)25(5)55-46)20-33(29)44-39(47-45(59-44)26-15-16-26)38(30)31(32)22-36(49)56-27/h21,23-31,33-35,37-38,41-43,46H,10-20,22H2,1-9H3/t23-,24?,25?,27+,28+,29+,30+,31-,33-,34+,35+,37+,38-,41+,42?,43+,46+/m1/s1. The van der Waals surface area contributed by atoms with Gasteiger partial charge in [-0.2, -0.15) is 0 Å². The minimum Gasteiger partial charge on any atom is -0.462 e. The van der Waals surface area contributed by atoms with Crippen LogP contribution >= 0.6 is 11.3 Å². The Balaban J connectivity index is 1.10. The molecule has 5 fully saturated rings. The maximum Gasteiger partial charge on any atom is 0.306 e. The number of methoxy groups -OCH3 is 2. The first-order valence-corrected chi connectivity index (χ1v) is 23.7. The van der Waals surface area contributed by atoms with Gasteiger partial charge in [-0.05, 0) is 116 Å². The first kappa shape index (κ1) is 43.8. The Morgan fingerprint density at radius 2 is 1.66 bits per heavy atom. The van der Waals surface area contributed by atoms with Crippen molar-refractivity contribution < 1.29 is 47.5 Å². The van der Waals surface area contributed by atoms with E-state index in [0.29, 0.717) is 25.0 Å². The molecule has 59 heavy (non-hydrogen) atoms. The molecule has 0 radical (unpaired) electrons. The fraction of sp³-hybridized carbons (Fsp3) is 0.848. The van der Waals surface area contributed by atoms with E-state index in [1.807, 2.05) is 32.1 Å². The molecule has 3 aliphatic heterocycles. The van der Waals surface area contributed by atoms with Gasteiger partial charge in [0.05, 0.1) is 41.5 Å². The molecule has 0 bridgehead atoms. The van der Waals surface area contributed by atoms with Crippen molar-refractivity contribution in [1.29, 1.82) is 0 Å². The average Bonchev–Trinajstić information content (AvgIpc) is 3.65. The van der Waals surface area contributed by atoms with Crippen LogP contribution in [0.15, 0.2) is 11.6 Å². The van der Waals surface area contributed by atoms with Crippen molar-refractivity contribution in [3.63, 3.8) is 0 Å². The molecule has 1 aromatic rings. The van der Waals surface area contributed by atoms with E-state index in [2.05, 4.69) is 38.9 Å². The molecule has 0 N–H and O–H groups in total. The highest BCUT2D eigenvalue weighted by atomic mass is 32.1. The van der Waals surface area contributed by atoms with Gasteiger partial charge in [-0.25, -0.2) is 4.98 Å². The molecule has 17 atom stereocenters. The van der Waals surface area contributed by atoms with E-state index in [9.17, 15) is 4.79 Å². The van der Waals surface area contributed by atoms with Crippen LogP contribution in [0.5, 0.6) is 0 Å². The second-order valence-electron chi connectivity index (χ2n) is 18.8. The monoisotopic (exact) mass is 842 g/mol. The zero-order chi connectivity index (χ0) is 41.7. The van der Waals surface area contributed by atoms with Crippen LogP contribution < -0.4 is 0 Å². The van der Waals surface area contributed by atoms with Crippen LogP contribution in [0.2, 0.25) is 0 Å². The molecule has 0 aromatic carbocycles. The van der Waals surface area contributed by atoms with Gasteiger partial charge in [-0.1, -0.05) is 19.9 Å². The number of cyclic esters (lactones) is 1. The highest BCUT2D eigenvalue weighted by molar-refractivity contribution is 7.12. The third-order valence-corrected chi connectivity index (χ3v) is 16.3. The SMILES string of the molecule is CCOC1[C@@H](OC)C(C)O[C@@H](O[C@H]2C[C@H]3[C@@H]4C=C5C(=O)[C@H](C)[C@@H](O[C@H]6CC[C@H](N(C)C)C(C)O6)CCC[C@H](CC)OC(=O)C[C@H]5[C@@H]4c4nc(C5CC5)sc4[C@@H]3C2)[C@H]1OC. The summed E-state index contributed by atoms with van der Waals surface area (Å²) < 4.78 is 51.0. The second kappa shape index (κ2) is 18.5. The lowest BCUT2D eigenvalue weighted by molar-refractivity contribution is -0.316. The Morgan fingerprint density at radius 1 is 0.881 bits per heavy atom. The van der Waals surface area contributed by atoms with Gasteiger partial charge >= 0.3 is 5.97 Å². The number of carbonyl (C=O) groups excluding carboxylic acids is 2. The fourth-order valence-corrected chi connectivity index (χ4v) is 13.2. The van der Waals surface area contributed by atoms with Gasteiger partial charge in [0, 0.05) is 61.3 Å². The lowest BCUT2D eigenvalue weighted by atomic mass is 9.67. The van der Waals surface area contributed by atoms with Crippen LogP contribution in [0.1, 0.15) is 139 Å². The molecule has 1 aromatic heterocycles. The van der Waals surface area contributed by atoms with E-state index in [0.717, 1.165) is 69.1 Å². The Hall–Kier alpha value is -1.81. The summed E-state index contributed by atoms with van der Waals surface area (Å²) in [7, 11) is 7.55. The molecular weight excluding hydrogens is 773 g/mol. The number of esters is 1. The van der Waals surface area contributed by atoms with E-state index < -0.39 is 18.3 Å². The molecule has 3 unspecified atom stereocenters. The summed E-state index contributed by atoms with van der Waals surface area (Å²) in [6, 6.07) is 0.327. The summed E-state index contributed by atoms with van der Waals surface area (Å²) in [5, 5.41) is 1.20. The minimum atomic E-state index is -0.621. The zero-order valence-electron chi connectivity index (χ0n) is 36.8. The number of Topliss-reactive ketones (excluding diaryl/α,β-unsaturated/α-hetero) is 1. The van der Waals surface area contributed by atoms with Crippen molar-refractivity contribution in [2.75, 3.05) is 34.9 Å². The molecule has 3 saturated heterocycles. The first-order chi connectivity index (χ1) is 28.4. The predicted octanol–water partition coefficient (Wildman–Crippen LogP) is 7.29. The molecule has 12 nitrogen and oxygen atoms in total. The van der Waals surface area contributed by atoms with Gasteiger partial charge in [0.2, 0.25) is 0 Å². The van der Waals surface area contributed by atoms with Crippen LogP contribution in [0.4, 0.5) is 0 Å². The van der Waals surface area contributed by atoms with Crippen molar-refractivity contribution in [1.82, 2.24) is 9.88 Å². The quantitative estimate of drug-likeness (QED) is 0.208. The molecule has 7 aliphatic rings. The van der Waals surface area contributed by atoms with E-state index in [-0.39, 0.29) is 96.8 Å². The summed E-state index contributed by atoms with van der Waals surface area (Å²) in [6.07, 6.45) is 8.25. The number of carbonyl (C=O) groups is 2. The van der Waals surface area contributed by atoms with Crippen LogP contribution in [-0.2, 0) is 47.5 Å². The predicted molar refractivity (Wildman–Crippen MR) is 222 cm³/mol. The second-order valence-corrected chi connectivity index (χ2v) is 19.9. The number of rotatable bonds is 11. The lowest BCUT2D eigenvalue weighted by Gasteiger charge is -2.44. The largest absolute Gasteiger partial charge is 0.462 e. The molecule has 0 amide bonds. The molecule has 330 valence electrons. The Kier molecular flexibility index (Phi) is 13.7. The number of fused-ring (bicyclic) bond motifs is 8. The Morgan fingerprint density at radius 3 is 2.34 bits per heavy atom. The van der Waals surface area contributed by atoms with Gasteiger partial charge < -0.3 is 42.8 Å². The summed E-state index contributed by atoms with van der Waals surface area (Å²) in [5.41, 5.74) is 1.85. The third kappa shape index (κ3) is 8.77. The number of thiazole rings is 1. The van der Waals surface area contributed by atoms with Crippen molar-refractivity contribution in [2.24, 2.45) is 23.7 Å². The molecular formula is C46H70N2O10S. The van der Waals surface area contributed by atoms with Crippen molar-refractivity contribution in [2.45, 2.75) is 190 Å². The average molecular weight is 843 g/mol. The van der Waals surface area contributed by atoms with E-state index in [1.165, 1.54) is 9.88 Å². The molecule has 0 spiro atoms. The van der Waals surface area contributed by atoms with E-state index in [1.54, 1.807) is 14.2 Å². The van der Waals surface area contributed by atoms with Crippen LogP contribution in [0.3, 0.4) is 0 Å². The number of allylic oxidation sites excluding steroid dienone is 2. The lowest BCUT2D eigenvalue weighted by Crippen LogP contribution is -2.60. The van der Waals surface area contributed by atoms with Gasteiger partial charge in [-0.15, -0.1) is 11.3 Å². The number of likely N-dealkylation sites (N-methyl/N-ethyl adjacent to an activating group) is 1. The highest BCUT2D eigenvalue weighted by Crippen LogP contribution is 2.63. The third-order valence-electron chi connectivity index (χ3n) is 14.9. The normalized spacial score (nSPS) is 42.9. The highest BCUT2D eigenvalue weighted by Gasteiger charge is 2.57. The molecule has 8 rings (SSSR count). The van der Waals surface area contributed by atoms with Crippen molar-refractivity contribution in [3.05, 3.63) is 27.2 Å². The summed E-state index contributed by atoms with van der Waals surface area (Å²) >= 11 is 1.86. The minimum absolute atomic E-state index is 0.0248. The number of hydrogen-bond acceptors (Lipinski definition) is 13. The smallest absolute Gasteiger partial charge is 0.306 e. The number of nitrogens with zero attached hydrogens (tertiary/aromatic N) is 2.